The summed E-state index contributed by atoms with van der Waals surface area (Å²) in [6.07, 6.45) is 1.69. The zero-order chi connectivity index (χ0) is 16.8. The molecule has 1 aromatic rings. The van der Waals surface area contributed by atoms with Crippen molar-refractivity contribution in [1.29, 1.82) is 0 Å². The number of rotatable bonds is 6. The lowest BCUT2D eigenvalue weighted by molar-refractivity contribution is -0.134. The van der Waals surface area contributed by atoms with Gasteiger partial charge in [0.1, 0.15) is 0 Å². The van der Waals surface area contributed by atoms with Crippen LogP contribution in [-0.4, -0.2) is 73.0 Å². The van der Waals surface area contributed by atoms with Gasteiger partial charge >= 0.3 is 0 Å². The van der Waals surface area contributed by atoms with E-state index in [0.29, 0.717) is 18.5 Å². The van der Waals surface area contributed by atoms with Gasteiger partial charge in [-0.3, -0.25) is 9.69 Å². The highest BCUT2D eigenvalue weighted by atomic mass is 16.2. The fraction of sp³-hybridized carbons (Fsp3) is 0.632. The van der Waals surface area contributed by atoms with E-state index in [9.17, 15) is 4.79 Å². The van der Waals surface area contributed by atoms with E-state index in [-0.39, 0.29) is 5.91 Å². The third kappa shape index (κ3) is 5.33. The zero-order valence-corrected chi connectivity index (χ0v) is 15.0. The number of piperazine rings is 1. The second kappa shape index (κ2) is 8.46. The molecule has 1 saturated heterocycles. The minimum Gasteiger partial charge on any atom is -0.339 e. The second-order valence-electron chi connectivity index (χ2n) is 7.05. The van der Waals surface area contributed by atoms with Gasteiger partial charge in [0.25, 0.3) is 0 Å². The Morgan fingerprint density at radius 2 is 1.74 bits per heavy atom. The molecule has 4 heteroatoms. The average molecular weight is 317 g/mol. The molecule has 4 nitrogen and oxygen atoms in total. The summed E-state index contributed by atoms with van der Waals surface area (Å²) in [6, 6.07) is 10.9. The lowest BCUT2D eigenvalue weighted by atomic mass is 10.1. The van der Waals surface area contributed by atoms with Gasteiger partial charge in [-0.15, -0.1) is 0 Å². The van der Waals surface area contributed by atoms with Crippen LogP contribution in [0.1, 0.15) is 25.8 Å². The van der Waals surface area contributed by atoms with Crippen LogP contribution in [0.3, 0.4) is 0 Å². The molecule has 128 valence electrons. The summed E-state index contributed by atoms with van der Waals surface area (Å²) < 4.78 is 0. The van der Waals surface area contributed by atoms with Crippen molar-refractivity contribution in [3.05, 3.63) is 35.9 Å². The van der Waals surface area contributed by atoms with E-state index < -0.39 is 0 Å². The number of carbonyl (C=O) groups excluding carboxylic acids is 1. The smallest absolute Gasteiger partial charge is 0.227 e. The number of hydrogen-bond donors (Lipinski definition) is 0. The van der Waals surface area contributed by atoms with Crippen molar-refractivity contribution in [2.75, 3.05) is 40.3 Å². The number of hydrogen-bond acceptors (Lipinski definition) is 3. The summed E-state index contributed by atoms with van der Waals surface area (Å²) in [5, 5.41) is 0. The largest absolute Gasteiger partial charge is 0.339 e. The highest BCUT2D eigenvalue weighted by Gasteiger charge is 2.31. The highest BCUT2D eigenvalue weighted by Crippen LogP contribution is 2.17. The topological polar surface area (TPSA) is 26.8 Å². The van der Waals surface area contributed by atoms with Gasteiger partial charge in [-0.25, -0.2) is 0 Å². The number of nitrogens with zero attached hydrogens (tertiary/aromatic N) is 3. The molecule has 0 saturated carbocycles. The second-order valence-corrected chi connectivity index (χ2v) is 7.05. The normalized spacial score (nSPS) is 22.6. The van der Waals surface area contributed by atoms with Crippen molar-refractivity contribution in [3.8, 4) is 0 Å². The first-order valence-corrected chi connectivity index (χ1v) is 8.69. The first-order chi connectivity index (χ1) is 11.0. The van der Waals surface area contributed by atoms with E-state index in [0.717, 1.165) is 31.7 Å². The van der Waals surface area contributed by atoms with Crippen molar-refractivity contribution in [2.24, 2.45) is 0 Å². The van der Waals surface area contributed by atoms with Crippen LogP contribution in [0.2, 0.25) is 0 Å². The van der Waals surface area contributed by atoms with E-state index in [1.54, 1.807) is 0 Å². The molecule has 0 N–H and O–H groups in total. The minimum absolute atomic E-state index is 0.253. The van der Waals surface area contributed by atoms with Crippen molar-refractivity contribution < 1.29 is 4.79 Å². The summed E-state index contributed by atoms with van der Waals surface area (Å²) in [5.74, 6) is 0.253. The van der Waals surface area contributed by atoms with Crippen molar-refractivity contribution in [2.45, 2.75) is 38.8 Å². The molecule has 0 radical (unpaired) electrons. The lowest BCUT2D eigenvalue weighted by Crippen LogP contribution is -2.58. The molecular weight excluding hydrogens is 286 g/mol. The molecule has 1 aliphatic heterocycles. The number of carbonyl (C=O) groups is 1. The summed E-state index contributed by atoms with van der Waals surface area (Å²) in [4.78, 5) is 19.4. The maximum atomic E-state index is 12.6. The first-order valence-electron chi connectivity index (χ1n) is 8.69. The van der Waals surface area contributed by atoms with Gasteiger partial charge in [-0.05, 0) is 46.5 Å². The Morgan fingerprint density at radius 1 is 1.13 bits per heavy atom. The lowest BCUT2D eigenvalue weighted by Gasteiger charge is -2.44. The molecule has 2 unspecified atom stereocenters. The molecule has 0 aromatic heterocycles. The maximum absolute atomic E-state index is 12.6. The van der Waals surface area contributed by atoms with Crippen molar-refractivity contribution in [1.82, 2.24) is 14.7 Å². The van der Waals surface area contributed by atoms with Crippen molar-refractivity contribution in [3.63, 3.8) is 0 Å². The van der Waals surface area contributed by atoms with E-state index in [1.807, 2.05) is 35.2 Å². The predicted molar refractivity (Wildman–Crippen MR) is 95.5 cm³/mol. The summed E-state index contributed by atoms with van der Waals surface area (Å²) in [5.41, 5.74) is 1.10. The quantitative estimate of drug-likeness (QED) is 0.804. The van der Waals surface area contributed by atoms with Crippen LogP contribution >= 0.6 is 0 Å². The Balaban J connectivity index is 1.86. The Hall–Kier alpha value is -1.39. The van der Waals surface area contributed by atoms with Gasteiger partial charge in [0, 0.05) is 31.7 Å². The molecule has 0 spiro atoms. The van der Waals surface area contributed by atoms with Gasteiger partial charge in [0.15, 0.2) is 0 Å². The SMILES string of the molecule is CC1CN(C(=O)Cc2ccccc2)CC(C)N1CCCN(C)C. The van der Waals surface area contributed by atoms with Crippen LogP contribution in [0.25, 0.3) is 0 Å². The van der Waals surface area contributed by atoms with Gasteiger partial charge < -0.3 is 9.80 Å². The van der Waals surface area contributed by atoms with E-state index in [4.69, 9.17) is 0 Å². The van der Waals surface area contributed by atoms with Crippen LogP contribution < -0.4 is 0 Å². The zero-order valence-electron chi connectivity index (χ0n) is 15.0. The Labute approximate surface area is 141 Å². The van der Waals surface area contributed by atoms with Gasteiger partial charge in [0.05, 0.1) is 6.42 Å². The van der Waals surface area contributed by atoms with Crippen LogP contribution in [0.5, 0.6) is 0 Å². The monoisotopic (exact) mass is 317 g/mol. The molecule has 1 aromatic carbocycles. The third-order valence-corrected chi connectivity index (χ3v) is 4.67. The highest BCUT2D eigenvalue weighted by molar-refractivity contribution is 5.79. The van der Waals surface area contributed by atoms with Crippen molar-refractivity contribution >= 4 is 5.91 Å². The van der Waals surface area contributed by atoms with Crippen LogP contribution in [0.15, 0.2) is 30.3 Å². The minimum atomic E-state index is 0.253. The van der Waals surface area contributed by atoms with E-state index in [1.165, 1.54) is 6.42 Å². The standard InChI is InChI=1S/C19H31N3O/c1-16-14-21(19(23)13-18-9-6-5-7-10-18)15-17(2)22(16)12-8-11-20(3)4/h5-7,9-10,16-17H,8,11-15H2,1-4H3. The molecule has 2 atom stereocenters. The maximum Gasteiger partial charge on any atom is 0.227 e. The summed E-state index contributed by atoms with van der Waals surface area (Å²) in [7, 11) is 4.24. The van der Waals surface area contributed by atoms with E-state index >= 15 is 0 Å². The first kappa shape index (κ1) is 18.0. The molecule has 0 bridgehead atoms. The fourth-order valence-corrected chi connectivity index (χ4v) is 3.45. The molecule has 0 aliphatic carbocycles. The molecule has 23 heavy (non-hydrogen) atoms. The third-order valence-electron chi connectivity index (χ3n) is 4.67. The molecule has 1 heterocycles. The van der Waals surface area contributed by atoms with Gasteiger partial charge in [0.2, 0.25) is 5.91 Å². The molecule has 1 fully saturated rings. The average Bonchev–Trinajstić information content (AvgIpc) is 2.50. The Bertz CT molecular complexity index is 477. The van der Waals surface area contributed by atoms with Crippen LogP contribution in [0, 0.1) is 0 Å². The molecule has 1 aliphatic rings. The number of amides is 1. The number of benzene rings is 1. The summed E-state index contributed by atoms with van der Waals surface area (Å²) in [6.45, 7) is 8.41. The van der Waals surface area contributed by atoms with E-state index in [2.05, 4.69) is 37.7 Å². The Morgan fingerprint density at radius 3 is 2.30 bits per heavy atom. The van der Waals surface area contributed by atoms with Crippen LogP contribution in [0.4, 0.5) is 0 Å². The summed E-state index contributed by atoms with van der Waals surface area (Å²) >= 11 is 0. The Kier molecular flexibility index (Phi) is 6.60. The molecule has 1 amide bonds. The van der Waals surface area contributed by atoms with Crippen LogP contribution in [-0.2, 0) is 11.2 Å². The van der Waals surface area contributed by atoms with Gasteiger partial charge in [-0.1, -0.05) is 30.3 Å². The fourth-order valence-electron chi connectivity index (χ4n) is 3.45. The molecular formula is C19H31N3O. The predicted octanol–water partition coefficient (Wildman–Crippen LogP) is 2.10. The molecule has 2 rings (SSSR count). The van der Waals surface area contributed by atoms with Gasteiger partial charge in [-0.2, -0.15) is 0 Å².